The third-order valence-electron chi connectivity index (χ3n) is 3.05. The molecule has 20 heavy (non-hydrogen) atoms. The van der Waals surface area contributed by atoms with E-state index in [0.29, 0.717) is 6.61 Å². The fraction of sp³-hybridized carbons (Fsp3) is 0.429. The van der Waals surface area contributed by atoms with Crippen molar-refractivity contribution in [2.45, 2.75) is 12.5 Å². The Morgan fingerprint density at radius 1 is 1.35 bits per heavy atom. The second-order valence-corrected chi connectivity index (χ2v) is 4.94. The molecule has 1 heterocycles. The standard InChI is InChI=1S/C14H19N3O3/c1-17(2)14(19)15-8-13(18)16-11-7-10-5-3-4-6-12(10)20-9-11/h3-6,11H,7-9H2,1-2H3,(H,15,19)(H,16,18)/t11-/m0/s1. The quantitative estimate of drug-likeness (QED) is 0.839. The van der Waals surface area contributed by atoms with Crippen LogP contribution in [0.2, 0.25) is 0 Å². The van der Waals surface area contributed by atoms with Crippen molar-refractivity contribution < 1.29 is 14.3 Å². The first kappa shape index (κ1) is 14.2. The van der Waals surface area contributed by atoms with Gasteiger partial charge in [0.2, 0.25) is 5.91 Å². The summed E-state index contributed by atoms with van der Waals surface area (Å²) in [7, 11) is 3.25. The van der Waals surface area contributed by atoms with Crippen molar-refractivity contribution in [3.63, 3.8) is 0 Å². The maximum absolute atomic E-state index is 11.8. The molecular formula is C14H19N3O3. The molecule has 1 aliphatic heterocycles. The lowest BCUT2D eigenvalue weighted by Gasteiger charge is -2.26. The molecule has 1 aromatic carbocycles. The molecule has 0 radical (unpaired) electrons. The molecule has 3 amide bonds. The number of carbonyl (C=O) groups excluding carboxylic acids is 2. The first-order chi connectivity index (χ1) is 9.56. The van der Waals surface area contributed by atoms with E-state index in [1.165, 1.54) is 4.90 Å². The van der Waals surface area contributed by atoms with E-state index in [2.05, 4.69) is 10.6 Å². The Labute approximate surface area is 118 Å². The van der Waals surface area contributed by atoms with Gasteiger partial charge in [-0.15, -0.1) is 0 Å². The molecule has 6 nitrogen and oxygen atoms in total. The van der Waals surface area contributed by atoms with Crippen molar-refractivity contribution >= 4 is 11.9 Å². The molecule has 1 atom stereocenters. The number of fused-ring (bicyclic) bond motifs is 1. The van der Waals surface area contributed by atoms with Crippen molar-refractivity contribution in [1.29, 1.82) is 0 Å². The van der Waals surface area contributed by atoms with Crippen LogP contribution in [0.1, 0.15) is 5.56 Å². The fourth-order valence-electron chi connectivity index (χ4n) is 2.01. The van der Waals surface area contributed by atoms with Crippen LogP contribution in [0.5, 0.6) is 5.75 Å². The van der Waals surface area contributed by atoms with Crippen molar-refractivity contribution in [1.82, 2.24) is 15.5 Å². The topological polar surface area (TPSA) is 70.7 Å². The number of hydrogen-bond donors (Lipinski definition) is 2. The Bertz CT molecular complexity index is 502. The molecule has 2 N–H and O–H groups in total. The first-order valence-corrected chi connectivity index (χ1v) is 6.51. The lowest BCUT2D eigenvalue weighted by Crippen LogP contribution is -2.47. The zero-order chi connectivity index (χ0) is 14.5. The van der Waals surface area contributed by atoms with E-state index in [-0.39, 0.29) is 24.5 Å². The second kappa shape index (κ2) is 6.27. The summed E-state index contributed by atoms with van der Waals surface area (Å²) < 4.78 is 5.59. The number of rotatable bonds is 3. The molecule has 0 unspecified atom stereocenters. The van der Waals surface area contributed by atoms with Gasteiger partial charge in [-0.2, -0.15) is 0 Å². The summed E-state index contributed by atoms with van der Waals surface area (Å²) in [5.74, 6) is 0.659. The third kappa shape index (κ3) is 3.63. The number of ether oxygens (including phenoxy) is 1. The van der Waals surface area contributed by atoms with Gasteiger partial charge in [-0.3, -0.25) is 4.79 Å². The molecule has 0 aliphatic carbocycles. The van der Waals surface area contributed by atoms with E-state index >= 15 is 0 Å². The molecule has 0 aromatic heterocycles. The number of nitrogens with one attached hydrogen (secondary N) is 2. The van der Waals surface area contributed by atoms with E-state index in [1.54, 1.807) is 14.1 Å². The van der Waals surface area contributed by atoms with E-state index in [1.807, 2.05) is 24.3 Å². The summed E-state index contributed by atoms with van der Waals surface area (Å²) in [5, 5.41) is 5.38. The van der Waals surface area contributed by atoms with Gasteiger partial charge >= 0.3 is 6.03 Å². The lowest BCUT2D eigenvalue weighted by atomic mass is 10.0. The maximum atomic E-state index is 11.8. The van der Waals surface area contributed by atoms with Gasteiger partial charge in [0.15, 0.2) is 0 Å². The van der Waals surface area contributed by atoms with Gasteiger partial charge in [-0.1, -0.05) is 18.2 Å². The molecular weight excluding hydrogens is 258 g/mol. The van der Waals surface area contributed by atoms with Crippen LogP contribution in [0.3, 0.4) is 0 Å². The number of amides is 3. The molecule has 108 valence electrons. The molecule has 0 bridgehead atoms. The van der Waals surface area contributed by atoms with Gasteiger partial charge in [-0.05, 0) is 18.1 Å². The van der Waals surface area contributed by atoms with Crippen LogP contribution in [0.15, 0.2) is 24.3 Å². The average molecular weight is 277 g/mol. The molecule has 0 saturated carbocycles. The molecule has 6 heteroatoms. The van der Waals surface area contributed by atoms with Crippen molar-refractivity contribution in [3.8, 4) is 5.75 Å². The second-order valence-electron chi connectivity index (χ2n) is 4.94. The zero-order valence-electron chi connectivity index (χ0n) is 11.7. The normalized spacial score (nSPS) is 16.6. The van der Waals surface area contributed by atoms with Crippen LogP contribution < -0.4 is 15.4 Å². The van der Waals surface area contributed by atoms with E-state index in [9.17, 15) is 9.59 Å². The number of carbonyl (C=O) groups is 2. The Balaban J connectivity index is 1.80. The minimum atomic E-state index is -0.287. The molecule has 2 rings (SSSR count). The number of nitrogens with zero attached hydrogens (tertiary/aromatic N) is 1. The zero-order valence-corrected chi connectivity index (χ0v) is 11.7. The van der Waals surface area contributed by atoms with E-state index in [0.717, 1.165) is 17.7 Å². The molecule has 1 aliphatic rings. The highest BCUT2D eigenvalue weighted by Crippen LogP contribution is 2.23. The molecule has 0 fully saturated rings. The van der Waals surface area contributed by atoms with Gasteiger partial charge < -0.3 is 20.3 Å². The minimum absolute atomic E-state index is 0.0326. The predicted octanol–water partition coefficient (Wildman–Crippen LogP) is 0.378. The van der Waals surface area contributed by atoms with Gasteiger partial charge in [0.1, 0.15) is 12.4 Å². The Kier molecular flexibility index (Phi) is 4.45. The Hall–Kier alpha value is -2.24. The van der Waals surface area contributed by atoms with Gasteiger partial charge in [0.05, 0.1) is 12.6 Å². The highest BCUT2D eigenvalue weighted by molar-refractivity contribution is 5.83. The van der Waals surface area contributed by atoms with Gasteiger partial charge in [-0.25, -0.2) is 4.79 Å². The third-order valence-corrected chi connectivity index (χ3v) is 3.05. The van der Waals surface area contributed by atoms with E-state index in [4.69, 9.17) is 4.74 Å². The summed E-state index contributed by atoms with van der Waals surface area (Å²) in [6.45, 7) is 0.416. The largest absolute Gasteiger partial charge is 0.491 e. The van der Waals surface area contributed by atoms with Crippen LogP contribution in [0, 0.1) is 0 Å². The predicted molar refractivity (Wildman–Crippen MR) is 74.7 cm³/mol. The SMILES string of the molecule is CN(C)C(=O)NCC(=O)N[C@@H]1COc2ccccc2C1. The average Bonchev–Trinajstić information content (AvgIpc) is 2.44. The van der Waals surface area contributed by atoms with Crippen LogP contribution in [0.25, 0.3) is 0 Å². The van der Waals surface area contributed by atoms with Gasteiger partial charge in [0, 0.05) is 14.1 Å². The molecule has 0 saturated heterocycles. The summed E-state index contributed by atoms with van der Waals surface area (Å²) in [6.07, 6.45) is 0.740. The van der Waals surface area contributed by atoms with Crippen LogP contribution in [0.4, 0.5) is 4.79 Å². The highest BCUT2D eigenvalue weighted by atomic mass is 16.5. The summed E-state index contributed by atoms with van der Waals surface area (Å²) in [5.41, 5.74) is 1.08. The van der Waals surface area contributed by atoms with Crippen LogP contribution in [-0.4, -0.2) is 50.1 Å². The smallest absolute Gasteiger partial charge is 0.317 e. The molecule has 1 aromatic rings. The summed E-state index contributed by atoms with van der Waals surface area (Å²) in [4.78, 5) is 24.4. The Morgan fingerprint density at radius 3 is 2.85 bits per heavy atom. The first-order valence-electron chi connectivity index (χ1n) is 6.51. The van der Waals surface area contributed by atoms with Crippen LogP contribution >= 0.6 is 0 Å². The number of hydrogen-bond acceptors (Lipinski definition) is 3. The highest BCUT2D eigenvalue weighted by Gasteiger charge is 2.21. The molecule has 0 spiro atoms. The van der Waals surface area contributed by atoms with Crippen LogP contribution in [-0.2, 0) is 11.2 Å². The fourth-order valence-corrected chi connectivity index (χ4v) is 2.01. The lowest BCUT2D eigenvalue weighted by molar-refractivity contribution is -0.121. The number of benzene rings is 1. The van der Waals surface area contributed by atoms with Gasteiger partial charge in [0.25, 0.3) is 0 Å². The Morgan fingerprint density at radius 2 is 2.10 bits per heavy atom. The minimum Gasteiger partial charge on any atom is -0.491 e. The van der Waals surface area contributed by atoms with Crippen molar-refractivity contribution in [2.24, 2.45) is 0 Å². The maximum Gasteiger partial charge on any atom is 0.317 e. The number of para-hydroxylation sites is 1. The van der Waals surface area contributed by atoms with Crippen molar-refractivity contribution in [2.75, 3.05) is 27.2 Å². The number of urea groups is 1. The summed E-state index contributed by atoms with van der Waals surface area (Å²) in [6, 6.07) is 7.43. The summed E-state index contributed by atoms with van der Waals surface area (Å²) >= 11 is 0. The van der Waals surface area contributed by atoms with Crippen molar-refractivity contribution in [3.05, 3.63) is 29.8 Å². The monoisotopic (exact) mass is 277 g/mol. The van der Waals surface area contributed by atoms with E-state index < -0.39 is 0 Å².